The number of carbonyl (C=O) groups excluding carboxylic acids is 2. The Morgan fingerprint density at radius 3 is 2.24 bits per heavy atom. The number of hydrogen-bond donors (Lipinski definition) is 2. The molecule has 1 heterocycles. The molecule has 3 aliphatic rings. The molecule has 2 N–H and O–H groups in total. The summed E-state index contributed by atoms with van der Waals surface area (Å²) in [7, 11) is 0. The van der Waals surface area contributed by atoms with E-state index in [0.717, 1.165) is 30.4 Å². The zero-order chi connectivity index (χ0) is 22.9. The van der Waals surface area contributed by atoms with E-state index in [1.54, 1.807) is 0 Å². The first-order chi connectivity index (χ1) is 16.0. The third-order valence-corrected chi connectivity index (χ3v) is 7.28. The molecule has 0 bridgehead atoms. The molecule has 2 aromatic rings. The number of hydrogen-bond acceptors (Lipinski definition) is 4. The van der Waals surface area contributed by atoms with Crippen molar-refractivity contribution in [2.75, 3.05) is 13.2 Å². The number of carbonyl (C=O) groups is 3. The van der Waals surface area contributed by atoms with Gasteiger partial charge in [0.25, 0.3) is 0 Å². The number of alkyl carbamates (subject to hydrolysis) is 1. The van der Waals surface area contributed by atoms with Crippen molar-refractivity contribution in [2.45, 2.75) is 50.1 Å². The number of amides is 2. The normalized spacial score (nSPS) is 23.8. The molecule has 1 unspecified atom stereocenters. The van der Waals surface area contributed by atoms with Crippen LogP contribution in [0.1, 0.15) is 49.1 Å². The second-order valence-corrected chi connectivity index (χ2v) is 9.20. The number of aliphatic carboxylic acids is 1. The summed E-state index contributed by atoms with van der Waals surface area (Å²) >= 11 is 0. The Hall–Kier alpha value is -3.35. The van der Waals surface area contributed by atoms with Gasteiger partial charge in [0.2, 0.25) is 5.91 Å². The summed E-state index contributed by atoms with van der Waals surface area (Å²) in [6.07, 6.45) is 2.89. The second kappa shape index (κ2) is 8.89. The van der Waals surface area contributed by atoms with Crippen molar-refractivity contribution in [3.8, 4) is 11.1 Å². The van der Waals surface area contributed by atoms with Gasteiger partial charge in [-0.25, -0.2) is 9.59 Å². The Labute approximate surface area is 192 Å². The molecule has 1 saturated carbocycles. The van der Waals surface area contributed by atoms with E-state index in [9.17, 15) is 19.5 Å². The minimum Gasteiger partial charge on any atom is -0.480 e. The van der Waals surface area contributed by atoms with Gasteiger partial charge in [0.05, 0.1) is 0 Å². The highest BCUT2D eigenvalue weighted by Crippen LogP contribution is 2.44. The summed E-state index contributed by atoms with van der Waals surface area (Å²) < 4.78 is 5.64. The number of benzene rings is 2. The third-order valence-electron chi connectivity index (χ3n) is 7.28. The van der Waals surface area contributed by atoms with Gasteiger partial charge in [-0.1, -0.05) is 55.0 Å². The van der Waals surface area contributed by atoms with E-state index < -0.39 is 18.1 Å². The molecule has 2 fully saturated rings. The van der Waals surface area contributed by atoms with Crippen LogP contribution >= 0.6 is 0 Å². The summed E-state index contributed by atoms with van der Waals surface area (Å²) in [6, 6.07) is 15.6. The van der Waals surface area contributed by atoms with Gasteiger partial charge in [-0.3, -0.25) is 4.79 Å². The van der Waals surface area contributed by atoms with Crippen molar-refractivity contribution in [3.63, 3.8) is 0 Å². The lowest BCUT2D eigenvalue weighted by molar-refractivity contribution is -0.160. The topological polar surface area (TPSA) is 95.9 Å². The minimum absolute atomic E-state index is 0.00296. The lowest BCUT2D eigenvalue weighted by Gasteiger charge is -2.41. The fraction of sp³-hybridized carbons (Fsp3) is 0.423. The van der Waals surface area contributed by atoms with E-state index in [-0.39, 0.29) is 30.4 Å². The highest BCUT2D eigenvalue weighted by atomic mass is 16.5. The minimum atomic E-state index is -0.946. The maximum Gasteiger partial charge on any atom is 0.407 e. The number of likely N-dealkylation sites (tertiary alicyclic amines) is 1. The number of ether oxygens (including phenoxy) is 1. The Bertz CT molecular complexity index is 1040. The number of carboxylic acids is 1. The van der Waals surface area contributed by atoms with Gasteiger partial charge in [-0.15, -0.1) is 0 Å². The summed E-state index contributed by atoms with van der Waals surface area (Å²) in [4.78, 5) is 38.1. The molecule has 33 heavy (non-hydrogen) atoms. The van der Waals surface area contributed by atoms with Gasteiger partial charge < -0.3 is 20.1 Å². The van der Waals surface area contributed by atoms with Crippen molar-refractivity contribution in [1.29, 1.82) is 0 Å². The molecule has 1 saturated heterocycles. The first-order valence-corrected chi connectivity index (χ1v) is 11.7. The van der Waals surface area contributed by atoms with E-state index in [0.29, 0.717) is 19.4 Å². The highest BCUT2D eigenvalue weighted by Gasteiger charge is 2.41. The number of nitrogens with zero attached hydrogens (tertiary/aromatic N) is 1. The van der Waals surface area contributed by atoms with E-state index in [1.165, 1.54) is 16.0 Å². The Kier molecular flexibility index (Phi) is 5.79. The molecule has 7 heteroatoms. The predicted molar refractivity (Wildman–Crippen MR) is 122 cm³/mol. The van der Waals surface area contributed by atoms with Crippen molar-refractivity contribution in [3.05, 3.63) is 59.7 Å². The van der Waals surface area contributed by atoms with Crippen LogP contribution in [0, 0.1) is 5.92 Å². The van der Waals surface area contributed by atoms with Gasteiger partial charge in [0, 0.05) is 24.4 Å². The third kappa shape index (κ3) is 4.08. The molecule has 0 radical (unpaired) electrons. The monoisotopic (exact) mass is 448 g/mol. The van der Waals surface area contributed by atoms with E-state index >= 15 is 0 Å². The number of rotatable bonds is 5. The molecule has 7 nitrogen and oxygen atoms in total. The first kappa shape index (κ1) is 21.5. The summed E-state index contributed by atoms with van der Waals surface area (Å²) in [5.74, 6) is -1.30. The average Bonchev–Trinajstić information content (AvgIpc) is 3.10. The van der Waals surface area contributed by atoms with Gasteiger partial charge in [-0.2, -0.15) is 0 Å². The molecule has 2 aromatic carbocycles. The summed E-state index contributed by atoms with van der Waals surface area (Å²) in [5, 5.41) is 12.2. The van der Waals surface area contributed by atoms with Crippen molar-refractivity contribution >= 4 is 18.0 Å². The van der Waals surface area contributed by atoms with Crippen LogP contribution in [-0.2, 0) is 14.3 Å². The largest absolute Gasteiger partial charge is 0.480 e. The smallest absolute Gasteiger partial charge is 0.407 e. The van der Waals surface area contributed by atoms with Crippen LogP contribution in [0.15, 0.2) is 48.5 Å². The Morgan fingerprint density at radius 1 is 0.970 bits per heavy atom. The first-order valence-electron chi connectivity index (χ1n) is 11.7. The molecule has 2 amide bonds. The molecule has 0 spiro atoms. The van der Waals surface area contributed by atoms with Crippen LogP contribution in [0.3, 0.4) is 0 Å². The average molecular weight is 449 g/mol. The molecule has 1 aliphatic heterocycles. The molecular formula is C26H28N2O5. The summed E-state index contributed by atoms with van der Waals surface area (Å²) in [5.41, 5.74) is 4.69. The van der Waals surface area contributed by atoms with Crippen LogP contribution < -0.4 is 5.32 Å². The number of fused-ring (bicyclic) bond motifs is 3. The van der Waals surface area contributed by atoms with Crippen molar-refractivity contribution < 1.29 is 24.2 Å². The van der Waals surface area contributed by atoms with Crippen molar-refractivity contribution in [1.82, 2.24) is 10.2 Å². The Balaban J connectivity index is 1.17. The SMILES string of the molecule is O=C(N[C@H]1CCC[C@@H](C(=O)N2CCC2C(=O)O)C1)OCC1c2ccccc2-c2ccccc21. The molecule has 0 aromatic heterocycles. The highest BCUT2D eigenvalue weighted by molar-refractivity contribution is 5.87. The fourth-order valence-electron chi connectivity index (χ4n) is 5.49. The van der Waals surface area contributed by atoms with Crippen LogP contribution in [0.2, 0.25) is 0 Å². The van der Waals surface area contributed by atoms with Crippen LogP contribution in [-0.4, -0.2) is 53.2 Å². The maximum atomic E-state index is 12.8. The van der Waals surface area contributed by atoms with Gasteiger partial charge in [0.1, 0.15) is 12.6 Å². The molecule has 5 rings (SSSR count). The van der Waals surface area contributed by atoms with Gasteiger partial charge >= 0.3 is 12.1 Å². The zero-order valence-corrected chi connectivity index (χ0v) is 18.4. The maximum absolute atomic E-state index is 12.8. The zero-order valence-electron chi connectivity index (χ0n) is 18.4. The second-order valence-electron chi connectivity index (χ2n) is 9.20. The van der Waals surface area contributed by atoms with Crippen LogP contribution in [0.5, 0.6) is 0 Å². The summed E-state index contributed by atoms with van der Waals surface area (Å²) in [6.45, 7) is 0.750. The van der Waals surface area contributed by atoms with Crippen LogP contribution in [0.4, 0.5) is 4.79 Å². The van der Waals surface area contributed by atoms with Crippen molar-refractivity contribution in [2.24, 2.45) is 5.92 Å². The Morgan fingerprint density at radius 2 is 1.64 bits per heavy atom. The molecule has 2 aliphatic carbocycles. The van der Waals surface area contributed by atoms with E-state index in [4.69, 9.17) is 4.74 Å². The molecule has 3 atom stereocenters. The lowest BCUT2D eigenvalue weighted by atomic mass is 9.83. The predicted octanol–water partition coefficient (Wildman–Crippen LogP) is 3.77. The molecule has 172 valence electrons. The molecular weight excluding hydrogens is 420 g/mol. The van der Waals surface area contributed by atoms with E-state index in [1.807, 2.05) is 24.3 Å². The lowest BCUT2D eigenvalue weighted by Crippen LogP contribution is -2.57. The van der Waals surface area contributed by atoms with E-state index in [2.05, 4.69) is 29.6 Å². The number of carboxylic acid groups (broad SMARTS) is 1. The quantitative estimate of drug-likeness (QED) is 0.726. The fourth-order valence-corrected chi connectivity index (χ4v) is 5.49. The number of nitrogens with one attached hydrogen (secondary N) is 1. The standard InChI is InChI=1S/C26H28N2O5/c29-24(28-13-12-23(28)25(30)31)16-6-5-7-17(14-16)27-26(32)33-15-22-20-10-3-1-8-18(20)19-9-2-4-11-21(19)22/h1-4,8-11,16-17,22-23H,5-7,12-15H2,(H,27,32)(H,30,31)/t16-,17+,23?/m1/s1. The van der Waals surface area contributed by atoms with Gasteiger partial charge in [-0.05, 0) is 47.9 Å². The van der Waals surface area contributed by atoms with Gasteiger partial charge in [0.15, 0.2) is 0 Å². The van der Waals surface area contributed by atoms with Crippen LogP contribution in [0.25, 0.3) is 11.1 Å².